The van der Waals surface area contributed by atoms with Gasteiger partial charge in [0.2, 0.25) is 11.6 Å². The van der Waals surface area contributed by atoms with Crippen molar-refractivity contribution in [3.05, 3.63) is 11.1 Å². The van der Waals surface area contributed by atoms with Crippen molar-refractivity contribution in [1.29, 1.82) is 0 Å². The van der Waals surface area contributed by atoms with Gasteiger partial charge in [0.05, 0.1) is 12.0 Å². The van der Waals surface area contributed by atoms with E-state index in [0.29, 0.717) is 13.0 Å². The van der Waals surface area contributed by atoms with Crippen LogP contribution in [0.5, 0.6) is 0 Å². The van der Waals surface area contributed by atoms with Gasteiger partial charge in [0.1, 0.15) is 0 Å². The summed E-state index contributed by atoms with van der Waals surface area (Å²) >= 11 is 0. The number of ketones is 2. The van der Waals surface area contributed by atoms with Gasteiger partial charge in [-0.2, -0.15) is 0 Å². The van der Waals surface area contributed by atoms with Crippen molar-refractivity contribution in [3.63, 3.8) is 0 Å². The lowest BCUT2D eigenvalue weighted by Crippen LogP contribution is -2.50. The maximum atomic E-state index is 11.8. The minimum Gasteiger partial charge on any atom is -0.377 e. The minimum absolute atomic E-state index is 0.0751. The fourth-order valence-corrected chi connectivity index (χ4v) is 2.72. The maximum absolute atomic E-state index is 11.8. The van der Waals surface area contributed by atoms with Gasteiger partial charge in [-0.15, -0.1) is 0 Å². The zero-order valence-corrected chi connectivity index (χ0v) is 9.37. The smallest absolute Gasteiger partial charge is 0.208 e. The van der Waals surface area contributed by atoms with Crippen LogP contribution in [0.4, 0.5) is 0 Å². The molecule has 1 fully saturated rings. The van der Waals surface area contributed by atoms with E-state index in [-0.39, 0.29) is 29.5 Å². The normalized spacial score (nSPS) is 35.3. The molecule has 0 spiro atoms. The molecule has 0 heterocycles. The van der Waals surface area contributed by atoms with Gasteiger partial charge in [-0.3, -0.25) is 9.59 Å². The van der Waals surface area contributed by atoms with Crippen LogP contribution >= 0.6 is 0 Å². The summed E-state index contributed by atoms with van der Waals surface area (Å²) in [4.78, 5) is 23.4. The van der Waals surface area contributed by atoms with Crippen LogP contribution in [-0.4, -0.2) is 24.3 Å². The largest absolute Gasteiger partial charge is 0.377 e. The number of allylic oxidation sites excluding steroid dienone is 1. The highest BCUT2D eigenvalue weighted by Crippen LogP contribution is 2.42. The third-order valence-corrected chi connectivity index (χ3v) is 3.67. The standard InChI is InChI=1S/C12H16O3/c1-4-15-9-5-8-6(2)7(3)10(9)12(14)11(8)13/h8-10H,4-5H2,1-3H3/t8-,9-,10-/m0/s1. The molecule has 82 valence electrons. The van der Waals surface area contributed by atoms with Gasteiger partial charge >= 0.3 is 0 Å². The molecule has 0 aromatic heterocycles. The zero-order chi connectivity index (χ0) is 11.2. The third-order valence-electron chi connectivity index (χ3n) is 3.67. The summed E-state index contributed by atoms with van der Waals surface area (Å²) in [5, 5.41) is 0. The molecule has 0 radical (unpaired) electrons. The molecule has 0 amide bonds. The summed E-state index contributed by atoms with van der Waals surface area (Å²) in [6, 6.07) is 0. The highest BCUT2D eigenvalue weighted by molar-refractivity contribution is 6.41. The van der Waals surface area contributed by atoms with Gasteiger partial charge in [-0.1, -0.05) is 11.1 Å². The predicted octanol–water partition coefficient (Wildman–Crippen LogP) is 1.52. The average molecular weight is 208 g/mol. The van der Waals surface area contributed by atoms with Gasteiger partial charge in [0.15, 0.2) is 0 Å². The van der Waals surface area contributed by atoms with E-state index in [1.807, 2.05) is 20.8 Å². The first-order valence-electron chi connectivity index (χ1n) is 5.44. The highest BCUT2D eigenvalue weighted by Gasteiger charge is 2.49. The summed E-state index contributed by atoms with van der Waals surface area (Å²) in [6.07, 6.45) is 0.612. The number of Topliss-reactive ketones (excluding diaryl/α,β-unsaturated/α-hetero) is 2. The molecule has 3 aliphatic rings. The second kappa shape index (κ2) is 3.56. The Morgan fingerprint density at radius 3 is 2.47 bits per heavy atom. The molecule has 3 atom stereocenters. The summed E-state index contributed by atoms with van der Waals surface area (Å²) in [6.45, 7) is 6.42. The van der Waals surface area contributed by atoms with Crippen LogP contribution < -0.4 is 0 Å². The van der Waals surface area contributed by atoms with E-state index >= 15 is 0 Å². The highest BCUT2D eigenvalue weighted by atomic mass is 16.5. The van der Waals surface area contributed by atoms with Crippen molar-refractivity contribution >= 4 is 11.6 Å². The van der Waals surface area contributed by atoms with E-state index in [0.717, 1.165) is 11.1 Å². The monoisotopic (exact) mass is 208 g/mol. The number of ether oxygens (including phenoxy) is 1. The molecule has 3 rings (SSSR count). The number of rotatable bonds is 2. The quantitative estimate of drug-likeness (QED) is 0.510. The lowest BCUT2D eigenvalue weighted by atomic mass is 9.65. The number of carbonyl (C=O) groups is 2. The first-order chi connectivity index (χ1) is 7.07. The Labute approximate surface area is 89.5 Å². The van der Waals surface area contributed by atoms with Crippen LogP contribution in [0.3, 0.4) is 0 Å². The van der Waals surface area contributed by atoms with Gasteiger partial charge in [-0.25, -0.2) is 0 Å². The van der Waals surface area contributed by atoms with E-state index in [9.17, 15) is 9.59 Å². The van der Waals surface area contributed by atoms with Crippen molar-refractivity contribution in [1.82, 2.24) is 0 Å². The molecule has 3 aliphatic carbocycles. The van der Waals surface area contributed by atoms with Gasteiger partial charge in [0.25, 0.3) is 0 Å². The number of hydrogen-bond donors (Lipinski definition) is 0. The molecule has 0 aromatic carbocycles. The van der Waals surface area contributed by atoms with E-state index in [1.165, 1.54) is 0 Å². The van der Waals surface area contributed by atoms with Crippen LogP contribution in [0.2, 0.25) is 0 Å². The Morgan fingerprint density at radius 1 is 1.20 bits per heavy atom. The number of carbonyl (C=O) groups excluding carboxylic acids is 2. The van der Waals surface area contributed by atoms with Crippen LogP contribution in [0, 0.1) is 11.8 Å². The summed E-state index contributed by atoms with van der Waals surface area (Å²) in [5.74, 6) is -0.964. The van der Waals surface area contributed by atoms with E-state index in [2.05, 4.69) is 0 Å². The van der Waals surface area contributed by atoms with E-state index in [1.54, 1.807) is 0 Å². The Morgan fingerprint density at radius 2 is 1.87 bits per heavy atom. The van der Waals surface area contributed by atoms with Crippen LogP contribution in [0.25, 0.3) is 0 Å². The third kappa shape index (κ3) is 1.37. The van der Waals surface area contributed by atoms with Crippen LogP contribution in [0.15, 0.2) is 11.1 Å². The van der Waals surface area contributed by atoms with Crippen LogP contribution in [0.1, 0.15) is 27.2 Å². The fourth-order valence-electron chi connectivity index (χ4n) is 2.72. The van der Waals surface area contributed by atoms with E-state index < -0.39 is 0 Å². The topological polar surface area (TPSA) is 43.4 Å². The van der Waals surface area contributed by atoms with E-state index in [4.69, 9.17) is 4.74 Å². The van der Waals surface area contributed by atoms with Crippen molar-refractivity contribution in [2.24, 2.45) is 11.8 Å². The fraction of sp³-hybridized carbons (Fsp3) is 0.667. The van der Waals surface area contributed by atoms with Crippen LogP contribution in [-0.2, 0) is 14.3 Å². The Balaban J connectivity index is 2.39. The molecule has 15 heavy (non-hydrogen) atoms. The SMILES string of the molecule is CCO[C@H]1C[C@@H]2C(=O)C(=O)[C@H]1C(C)=C2C. The lowest BCUT2D eigenvalue weighted by Gasteiger charge is -2.41. The molecule has 0 N–H and O–H groups in total. The number of hydrogen-bond acceptors (Lipinski definition) is 3. The molecule has 2 bridgehead atoms. The van der Waals surface area contributed by atoms with Crippen molar-refractivity contribution in [3.8, 4) is 0 Å². The predicted molar refractivity (Wildman–Crippen MR) is 55.4 cm³/mol. The first kappa shape index (κ1) is 10.6. The maximum Gasteiger partial charge on any atom is 0.208 e. The Hall–Kier alpha value is -0.960. The van der Waals surface area contributed by atoms with Crippen molar-refractivity contribution < 1.29 is 14.3 Å². The molecule has 0 saturated heterocycles. The summed E-state index contributed by atoms with van der Waals surface area (Å²) < 4.78 is 5.55. The molecule has 3 nitrogen and oxygen atoms in total. The Bertz CT molecular complexity index is 354. The second-order valence-corrected chi connectivity index (χ2v) is 4.35. The molecule has 3 heteroatoms. The molecular formula is C12H16O3. The molecular weight excluding hydrogens is 192 g/mol. The van der Waals surface area contributed by atoms with Gasteiger partial charge < -0.3 is 4.74 Å². The second-order valence-electron chi connectivity index (χ2n) is 4.35. The minimum atomic E-state index is -0.303. The number of fused-ring (bicyclic) bond motifs is 2. The average Bonchev–Trinajstić information content (AvgIpc) is 2.20. The van der Waals surface area contributed by atoms with Crippen molar-refractivity contribution in [2.45, 2.75) is 33.3 Å². The lowest BCUT2D eigenvalue weighted by molar-refractivity contribution is -0.149. The van der Waals surface area contributed by atoms with Crippen molar-refractivity contribution in [2.75, 3.05) is 6.61 Å². The summed E-state index contributed by atoms with van der Waals surface area (Å²) in [5.41, 5.74) is 2.13. The summed E-state index contributed by atoms with van der Waals surface area (Å²) in [7, 11) is 0. The molecule has 0 unspecified atom stereocenters. The zero-order valence-electron chi connectivity index (χ0n) is 9.37. The van der Waals surface area contributed by atoms with Gasteiger partial charge in [-0.05, 0) is 27.2 Å². The Kier molecular flexibility index (Phi) is 2.51. The molecule has 0 aliphatic heterocycles. The first-order valence-corrected chi connectivity index (χ1v) is 5.44. The molecule has 0 aromatic rings. The molecule has 1 saturated carbocycles. The van der Waals surface area contributed by atoms with Gasteiger partial charge in [0, 0.05) is 12.5 Å².